The molecule has 0 bridgehead atoms. The Hall–Kier alpha value is -3.08. The van der Waals surface area contributed by atoms with Crippen LogP contribution >= 0.6 is 11.3 Å². The molecule has 11 heteroatoms. The number of thiazole rings is 1. The molecular formula is C20H22F3N5O2S. The molecule has 3 N–H and O–H groups in total. The van der Waals surface area contributed by atoms with E-state index in [1.165, 1.54) is 28.0 Å². The fourth-order valence-electron chi connectivity index (χ4n) is 3.12. The highest BCUT2D eigenvalue weighted by Gasteiger charge is 2.30. The summed E-state index contributed by atoms with van der Waals surface area (Å²) in [5.74, 6) is 0.0860. The van der Waals surface area contributed by atoms with Crippen molar-refractivity contribution < 1.29 is 13.2 Å². The number of benzene rings is 1. The van der Waals surface area contributed by atoms with Gasteiger partial charge in [-0.25, -0.2) is 9.78 Å². The number of H-pyrrole nitrogens is 1. The molecule has 3 aromatic rings. The quantitative estimate of drug-likeness (QED) is 0.569. The van der Waals surface area contributed by atoms with Crippen LogP contribution in [0, 0.1) is 0 Å². The van der Waals surface area contributed by atoms with Crippen molar-refractivity contribution >= 4 is 22.8 Å². The van der Waals surface area contributed by atoms with Crippen LogP contribution in [0.4, 0.5) is 24.7 Å². The zero-order chi connectivity index (χ0) is 22.8. The third-order valence-electron chi connectivity index (χ3n) is 4.74. The molecular weight excluding hydrogens is 431 g/mol. The number of nitrogens with zero attached hydrogens (tertiary/aromatic N) is 3. The number of hydrogen-bond acceptors (Lipinski definition) is 6. The summed E-state index contributed by atoms with van der Waals surface area (Å²) in [5.41, 5.74) is 5.61. The van der Waals surface area contributed by atoms with Gasteiger partial charge in [-0.15, -0.1) is 11.3 Å². The van der Waals surface area contributed by atoms with Crippen LogP contribution in [0.15, 0.2) is 39.2 Å². The minimum Gasteiger partial charge on any atom is -0.383 e. The Kier molecular flexibility index (Phi) is 6.54. The lowest BCUT2D eigenvalue weighted by Crippen LogP contribution is -2.37. The molecule has 166 valence electrons. The highest BCUT2D eigenvalue weighted by molar-refractivity contribution is 7.13. The van der Waals surface area contributed by atoms with Crippen LogP contribution in [0.2, 0.25) is 0 Å². The van der Waals surface area contributed by atoms with Crippen molar-refractivity contribution in [3.63, 3.8) is 0 Å². The molecule has 0 fully saturated rings. The number of unbranched alkanes of at least 4 members (excludes halogenated alkanes) is 1. The fourth-order valence-corrected chi connectivity index (χ4v) is 3.94. The first-order valence-electron chi connectivity index (χ1n) is 9.57. The summed E-state index contributed by atoms with van der Waals surface area (Å²) in [5, 5.41) is 2.33. The first-order chi connectivity index (χ1) is 14.6. The van der Waals surface area contributed by atoms with Crippen LogP contribution in [0.3, 0.4) is 0 Å². The smallest absolute Gasteiger partial charge is 0.383 e. The van der Waals surface area contributed by atoms with E-state index >= 15 is 0 Å². The Labute approximate surface area is 180 Å². The van der Waals surface area contributed by atoms with Gasteiger partial charge in [-0.2, -0.15) is 13.2 Å². The second-order valence-electron chi connectivity index (χ2n) is 7.07. The number of aromatic nitrogens is 3. The van der Waals surface area contributed by atoms with E-state index in [0.29, 0.717) is 22.8 Å². The van der Waals surface area contributed by atoms with Crippen molar-refractivity contribution in [2.75, 3.05) is 17.7 Å². The van der Waals surface area contributed by atoms with E-state index in [1.54, 1.807) is 17.3 Å². The molecule has 2 heterocycles. The van der Waals surface area contributed by atoms with Gasteiger partial charge in [0.15, 0.2) is 0 Å². The molecule has 0 aliphatic heterocycles. The number of halogens is 3. The number of aromatic amines is 1. The van der Waals surface area contributed by atoms with Gasteiger partial charge in [-0.1, -0.05) is 25.5 Å². The molecule has 0 saturated heterocycles. The lowest BCUT2D eigenvalue weighted by atomic mass is 10.1. The van der Waals surface area contributed by atoms with Gasteiger partial charge < -0.3 is 10.6 Å². The molecule has 0 atom stereocenters. The van der Waals surface area contributed by atoms with Crippen molar-refractivity contribution in [3.05, 3.63) is 61.7 Å². The first kappa shape index (κ1) is 22.6. The van der Waals surface area contributed by atoms with Gasteiger partial charge in [0.25, 0.3) is 5.56 Å². The number of alkyl halides is 3. The molecule has 31 heavy (non-hydrogen) atoms. The van der Waals surface area contributed by atoms with Gasteiger partial charge in [0.1, 0.15) is 16.5 Å². The van der Waals surface area contributed by atoms with E-state index in [9.17, 15) is 22.8 Å². The third kappa shape index (κ3) is 4.98. The predicted octanol–water partition coefficient (Wildman–Crippen LogP) is 3.70. The van der Waals surface area contributed by atoms with Crippen molar-refractivity contribution in [2.45, 2.75) is 39.0 Å². The lowest BCUT2D eigenvalue weighted by Gasteiger charge is -2.21. The second-order valence-corrected chi connectivity index (χ2v) is 7.93. The standard InChI is InChI=1S/C20H22F3N5O2S/c1-3-4-9-28-16(24)15(17(29)26-19(28)30)27(2)10-14-11-31-18(25-14)12-5-7-13(8-6-12)20(21,22)23/h5-8,11H,3-4,9-10,24H2,1-2H3,(H,26,29,30). The van der Waals surface area contributed by atoms with Crippen LogP contribution in [-0.4, -0.2) is 21.6 Å². The van der Waals surface area contributed by atoms with Crippen LogP contribution in [0.5, 0.6) is 0 Å². The average Bonchev–Trinajstić information content (AvgIpc) is 3.15. The van der Waals surface area contributed by atoms with Crippen molar-refractivity contribution in [1.29, 1.82) is 0 Å². The van der Waals surface area contributed by atoms with E-state index in [4.69, 9.17) is 5.73 Å². The largest absolute Gasteiger partial charge is 0.416 e. The summed E-state index contributed by atoms with van der Waals surface area (Å²) >= 11 is 1.29. The molecule has 7 nitrogen and oxygen atoms in total. The maximum atomic E-state index is 12.7. The maximum absolute atomic E-state index is 12.7. The number of nitrogens with one attached hydrogen (secondary N) is 1. The van der Waals surface area contributed by atoms with E-state index in [1.807, 2.05) is 6.92 Å². The van der Waals surface area contributed by atoms with Crippen LogP contribution in [0.25, 0.3) is 10.6 Å². The summed E-state index contributed by atoms with van der Waals surface area (Å²) in [6.45, 7) is 2.61. The molecule has 0 aliphatic carbocycles. The van der Waals surface area contributed by atoms with Gasteiger partial charge in [0.2, 0.25) is 0 Å². The molecule has 2 aromatic heterocycles. The summed E-state index contributed by atoms with van der Waals surface area (Å²) in [7, 11) is 1.66. The Balaban J connectivity index is 1.82. The topological polar surface area (TPSA) is 97.0 Å². The maximum Gasteiger partial charge on any atom is 0.416 e. The van der Waals surface area contributed by atoms with Crippen molar-refractivity contribution in [1.82, 2.24) is 14.5 Å². The predicted molar refractivity (Wildman–Crippen MR) is 115 cm³/mol. The lowest BCUT2D eigenvalue weighted by molar-refractivity contribution is -0.137. The van der Waals surface area contributed by atoms with Crippen LogP contribution < -0.4 is 21.9 Å². The van der Waals surface area contributed by atoms with Gasteiger partial charge in [0.05, 0.1) is 17.8 Å². The minimum absolute atomic E-state index is 0.0860. The highest BCUT2D eigenvalue weighted by atomic mass is 32.1. The third-order valence-corrected chi connectivity index (χ3v) is 5.68. The number of anilines is 2. The summed E-state index contributed by atoms with van der Waals surface area (Å²) in [6, 6.07) is 4.79. The molecule has 0 amide bonds. The molecule has 0 unspecified atom stereocenters. The summed E-state index contributed by atoms with van der Waals surface area (Å²) < 4.78 is 39.6. The van der Waals surface area contributed by atoms with E-state index in [0.717, 1.165) is 25.0 Å². The SMILES string of the molecule is CCCCn1c(N)c(N(C)Cc2csc(-c3ccc(C(F)(F)F)cc3)n2)c(=O)[nH]c1=O. The van der Waals surface area contributed by atoms with E-state index < -0.39 is 23.0 Å². The van der Waals surface area contributed by atoms with Gasteiger partial charge in [0, 0.05) is 24.5 Å². The Morgan fingerprint density at radius 3 is 2.52 bits per heavy atom. The monoisotopic (exact) mass is 453 g/mol. The molecule has 0 radical (unpaired) electrons. The Bertz CT molecular complexity index is 1170. The van der Waals surface area contributed by atoms with Crippen molar-refractivity contribution in [3.8, 4) is 10.6 Å². The number of hydrogen-bond donors (Lipinski definition) is 2. The normalized spacial score (nSPS) is 11.6. The van der Waals surface area contributed by atoms with Gasteiger partial charge >= 0.3 is 11.9 Å². The number of nitrogen functional groups attached to an aromatic ring is 1. The number of nitrogens with two attached hydrogens (primary N) is 1. The van der Waals surface area contributed by atoms with E-state index in [2.05, 4.69) is 9.97 Å². The van der Waals surface area contributed by atoms with Gasteiger partial charge in [-0.3, -0.25) is 14.3 Å². The van der Waals surface area contributed by atoms with Crippen molar-refractivity contribution in [2.24, 2.45) is 0 Å². The average molecular weight is 453 g/mol. The molecule has 0 aliphatic rings. The fraction of sp³-hybridized carbons (Fsp3) is 0.350. The first-order valence-corrected chi connectivity index (χ1v) is 10.5. The number of rotatable bonds is 7. The molecule has 0 spiro atoms. The summed E-state index contributed by atoms with van der Waals surface area (Å²) in [4.78, 5) is 32.8. The van der Waals surface area contributed by atoms with E-state index in [-0.39, 0.29) is 18.1 Å². The Morgan fingerprint density at radius 2 is 1.90 bits per heavy atom. The molecule has 3 rings (SSSR count). The highest BCUT2D eigenvalue weighted by Crippen LogP contribution is 2.32. The minimum atomic E-state index is -4.39. The second kappa shape index (κ2) is 8.96. The zero-order valence-electron chi connectivity index (χ0n) is 17.0. The zero-order valence-corrected chi connectivity index (χ0v) is 17.8. The Morgan fingerprint density at radius 1 is 1.23 bits per heavy atom. The molecule has 1 aromatic carbocycles. The van der Waals surface area contributed by atoms with Crippen LogP contribution in [-0.2, 0) is 19.3 Å². The molecule has 0 saturated carbocycles. The van der Waals surface area contributed by atoms with Gasteiger partial charge in [-0.05, 0) is 18.6 Å². The van der Waals surface area contributed by atoms with Crippen LogP contribution in [0.1, 0.15) is 31.0 Å². The summed E-state index contributed by atoms with van der Waals surface area (Å²) in [6.07, 6.45) is -2.79.